The van der Waals surface area contributed by atoms with Gasteiger partial charge in [0.25, 0.3) is 0 Å². The van der Waals surface area contributed by atoms with Gasteiger partial charge in [0.2, 0.25) is 11.8 Å². The van der Waals surface area contributed by atoms with E-state index in [0.29, 0.717) is 19.6 Å². The van der Waals surface area contributed by atoms with Crippen LogP contribution in [0.5, 0.6) is 0 Å². The van der Waals surface area contributed by atoms with Gasteiger partial charge in [0.05, 0.1) is 6.54 Å². The molecule has 21 heavy (non-hydrogen) atoms. The van der Waals surface area contributed by atoms with Crippen molar-refractivity contribution in [3.05, 3.63) is 0 Å². The van der Waals surface area contributed by atoms with E-state index in [0.717, 1.165) is 4.90 Å². The second kappa shape index (κ2) is 8.18. The van der Waals surface area contributed by atoms with Gasteiger partial charge in [0.15, 0.2) is 0 Å². The summed E-state index contributed by atoms with van der Waals surface area (Å²) in [6, 6.07) is -0.822. The highest BCUT2D eigenvalue weighted by Gasteiger charge is 2.36. The van der Waals surface area contributed by atoms with Crippen LogP contribution in [0, 0.1) is 0 Å². The van der Waals surface area contributed by atoms with Gasteiger partial charge in [0.1, 0.15) is 12.6 Å². The number of carbonyl (C=O) groups excluding carboxylic acids is 2. The first-order valence-corrected chi connectivity index (χ1v) is 6.77. The SMILES string of the molecule is CCOCCCN(CC(F)(F)F)C(=O)C1CNC(=O)CN1. The second-order valence-electron chi connectivity index (χ2n) is 4.66. The number of amides is 2. The van der Waals surface area contributed by atoms with Gasteiger partial charge in [0, 0.05) is 26.3 Å². The highest BCUT2D eigenvalue weighted by molar-refractivity contribution is 5.86. The number of ether oxygens (including phenoxy) is 1. The third-order valence-electron chi connectivity index (χ3n) is 2.91. The van der Waals surface area contributed by atoms with Crippen LogP contribution in [0.1, 0.15) is 13.3 Å². The van der Waals surface area contributed by atoms with Crippen LogP contribution in [0.3, 0.4) is 0 Å². The first-order valence-electron chi connectivity index (χ1n) is 6.77. The van der Waals surface area contributed by atoms with Gasteiger partial charge in [-0.2, -0.15) is 13.2 Å². The number of rotatable bonds is 7. The summed E-state index contributed by atoms with van der Waals surface area (Å²) in [6.07, 6.45) is -4.13. The molecule has 2 N–H and O–H groups in total. The quantitative estimate of drug-likeness (QED) is 0.644. The molecular weight excluding hydrogens is 291 g/mol. The van der Waals surface area contributed by atoms with Crippen molar-refractivity contribution < 1.29 is 27.5 Å². The molecule has 6 nitrogen and oxygen atoms in total. The van der Waals surface area contributed by atoms with Gasteiger partial charge in [-0.1, -0.05) is 0 Å². The summed E-state index contributed by atoms with van der Waals surface area (Å²) in [5.74, 6) is -0.943. The minimum Gasteiger partial charge on any atom is -0.382 e. The van der Waals surface area contributed by atoms with Crippen molar-refractivity contribution in [2.45, 2.75) is 25.6 Å². The molecule has 0 aromatic heterocycles. The normalized spacial score (nSPS) is 19.2. The lowest BCUT2D eigenvalue weighted by Crippen LogP contribution is -2.59. The summed E-state index contributed by atoms with van der Waals surface area (Å²) in [5, 5.41) is 5.09. The number of hydrogen-bond acceptors (Lipinski definition) is 4. The van der Waals surface area contributed by atoms with E-state index < -0.39 is 24.7 Å². The standard InChI is InChI=1S/C12H20F3N3O3/c1-2-21-5-3-4-18(8-12(13,14)15)11(20)9-6-17-10(19)7-16-9/h9,16H,2-8H2,1H3,(H,17,19). The highest BCUT2D eigenvalue weighted by atomic mass is 19.4. The first kappa shape index (κ1) is 17.7. The molecule has 0 aromatic carbocycles. The minimum absolute atomic E-state index is 0.00250. The van der Waals surface area contributed by atoms with Crippen molar-refractivity contribution in [1.82, 2.24) is 15.5 Å². The van der Waals surface area contributed by atoms with Crippen LogP contribution in [0.2, 0.25) is 0 Å². The molecule has 0 aliphatic carbocycles. The molecule has 0 saturated carbocycles. The number of nitrogens with one attached hydrogen (secondary N) is 2. The number of nitrogens with zero attached hydrogens (tertiary/aromatic N) is 1. The van der Waals surface area contributed by atoms with Crippen molar-refractivity contribution >= 4 is 11.8 Å². The number of carbonyl (C=O) groups is 2. The number of piperazine rings is 1. The molecule has 1 fully saturated rings. The van der Waals surface area contributed by atoms with Crippen LogP contribution in [0.4, 0.5) is 13.2 Å². The first-order chi connectivity index (χ1) is 9.83. The molecular formula is C12H20F3N3O3. The van der Waals surface area contributed by atoms with Crippen molar-refractivity contribution in [2.75, 3.05) is 39.4 Å². The van der Waals surface area contributed by atoms with Crippen LogP contribution >= 0.6 is 0 Å². The van der Waals surface area contributed by atoms with Gasteiger partial charge in [-0.05, 0) is 13.3 Å². The van der Waals surface area contributed by atoms with Crippen molar-refractivity contribution in [1.29, 1.82) is 0 Å². The molecule has 122 valence electrons. The molecule has 0 spiro atoms. The van der Waals surface area contributed by atoms with Crippen LogP contribution in [0.25, 0.3) is 0 Å². The molecule has 1 aliphatic heterocycles. The fourth-order valence-corrected chi connectivity index (χ4v) is 1.95. The van der Waals surface area contributed by atoms with Gasteiger partial charge < -0.3 is 15.0 Å². The molecule has 1 atom stereocenters. The Labute approximate surface area is 121 Å². The van der Waals surface area contributed by atoms with E-state index in [-0.39, 0.29) is 25.5 Å². The van der Waals surface area contributed by atoms with Crippen molar-refractivity contribution in [3.8, 4) is 0 Å². The lowest BCUT2D eigenvalue weighted by molar-refractivity contribution is -0.163. The summed E-state index contributed by atoms with van der Waals surface area (Å²) < 4.78 is 42.7. The molecule has 2 amide bonds. The van der Waals surface area contributed by atoms with E-state index in [1.54, 1.807) is 6.92 Å². The molecule has 1 heterocycles. The van der Waals surface area contributed by atoms with E-state index >= 15 is 0 Å². The minimum atomic E-state index is -4.46. The molecule has 0 bridgehead atoms. The maximum Gasteiger partial charge on any atom is 0.406 e. The zero-order chi connectivity index (χ0) is 15.9. The Hall–Kier alpha value is -1.35. The monoisotopic (exact) mass is 311 g/mol. The number of hydrogen-bond donors (Lipinski definition) is 2. The van der Waals surface area contributed by atoms with E-state index in [4.69, 9.17) is 4.74 Å². The molecule has 0 aromatic rings. The van der Waals surface area contributed by atoms with E-state index in [1.807, 2.05) is 0 Å². The molecule has 1 saturated heterocycles. The fraction of sp³-hybridized carbons (Fsp3) is 0.833. The average molecular weight is 311 g/mol. The zero-order valence-corrected chi connectivity index (χ0v) is 11.8. The summed E-state index contributed by atoms with van der Waals surface area (Å²) in [6.45, 7) is 1.14. The highest BCUT2D eigenvalue weighted by Crippen LogP contribution is 2.17. The van der Waals surface area contributed by atoms with Gasteiger partial charge in [-0.15, -0.1) is 0 Å². The van der Waals surface area contributed by atoms with E-state index in [1.165, 1.54) is 0 Å². The summed E-state index contributed by atoms with van der Waals surface area (Å²) >= 11 is 0. The average Bonchev–Trinajstić information content (AvgIpc) is 2.41. The smallest absolute Gasteiger partial charge is 0.382 e. The fourth-order valence-electron chi connectivity index (χ4n) is 1.95. The maximum atomic E-state index is 12.6. The number of alkyl halides is 3. The van der Waals surface area contributed by atoms with Gasteiger partial charge in [-0.25, -0.2) is 0 Å². The van der Waals surface area contributed by atoms with Gasteiger partial charge >= 0.3 is 6.18 Å². The maximum absolute atomic E-state index is 12.6. The summed E-state index contributed by atoms with van der Waals surface area (Å²) in [7, 11) is 0. The summed E-state index contributed by atoms with van der Waals surface area (Å²) in [5.41, 5.74) is 0. The van der Waals surface area contributed by atoms with Gasteiger partial charge in [-0.3, -0.25) is 14.9 Å². The molecule has 1 aliphatic rings. The molecule has 0 radical (unpaired) electrons. The lowest BCUT2D eigenvalue weighted by atomic mass is 10.2. The third-order valence-corrected chi connectivity index (χ3v) is 2.91. The lowest BCUT2D eigenvalue weighted by Gasteiger charge is -2.30. The van der Waals surface area contributed by atoms with Crippen LogP contribution < -0.4 is 10.6 Å². The second-order valence-corrected chi connectivity index (χ2v) is 4.66. The van der Waals surface area contributed by atoms with Crippen molar-refractivity contribution in [2.24, 2.45) is 0 Å². The molecule has 1 unspecified atom stereocenters. The van der Waals surface area contributed by atoms with Crippen LogP contribution in [-0.4, -0.2) is 68.3 Å². The van der Waals surface area contributed by atoms with Crippen molar-refractivity contribution in [3.63, 3.8) is 0 Å². The van der Waals surface area contributed by atoms with E-state index in [2.05, 4.69) is 10.6 Å². The topological polar surface area (TPSA) is 70.7 Å². The third kappa shape index (κ3) is 6.76. The Balaban J connectivity index is 2.56. The molecule has 9 heteroatoms. The number of halogens is 3. The Kier molecular flexibility index (Phi) is 6.90. The molecule has 1 rings (SSSR count). The predicted octanol–water partition coefficient (Wildman–Crippen LogP) is -0.108. The Morgan fingerprint density at radius 3 is 2.71 bits per heavy atom. The van der Waals surface area contributed by atoms with Crippen LogP contribution in [-0.2, 0) is 14.3 Å². The predicted molar refractivity (Wildman–Crippen MR) is 68.5 cm³/mol. The summed E-state index contributed by atoms with van der Waals surface area (Å²) in [4.78, 5) is 23.9. The Morgan fingerprint density at radius 2 is 2.19 bits per heavy atom. The van der Waals surface area contributed by atoms with E-state index in [9.17, 15) is 22.8 Å². The Bertz CT molecular complexity index is 353. The zero-order valence-electron chi connectivity index (χ0n) is 11.8. The largest absolute Gasteiger partial charge is 0.406 e. The van der Waals surface area contributed by atoms with Crippen LogP contribution in [0.15, 0.2) is 0 Å². The Morgan fingerprint density at radius 1 is 1.48 bits per heavy atom.